The van der Waals surface area contributed by atoms with Crippen LogP contribution < -0.4 is 10.0 Å². The lowest BCUT2D eigenvalue weighted by Gasteiger charge is -2.08. The maximum absolute atomic E-state index is 12.2. The van der Waals surface area contributed by atoms with Crippen molar-refractivity contribution in [2.24, 2.45) is 0 Å². The second-order valence-electron chi connectivity index (χ2n) is 4.31. The van der Waals surface area contributed by atoms with Crippen LogP contribution in [-0.2, 0) is 10.0 Å². The number of nitrogens with one attached hydrogen (secondary N) is 2. The Hall–Kier alpha value is -1.22. The molecule has 0 saturated heterocycles. The highest BCUT2D eigenvalue weighted by Crippen LogP contribution is 2.23. The number of amides is 1. The van der Waals surface area contributed by atoms with E-state index < -0.39 is 10.0 Å². The van der Waals surface area contributed by atoms with Crippen LogP contribution in [0, 0.1) is 0 Å². The molecule has 22 heavy (non-hydrogen) atoms. The summed E-state index contributed by atoms with van der Waals surface area (Å²) in [5.41, 5.74) is 0.991. The summed E-state index contributed by atoms with van der Waals surface area (Å²) in [6.07, 6.45) is 0. The summed E-state index contributed by atoms with van der Waals surface area (Å²) >= 11 is 6.65. The molecule has 0 spiro atoms. The van der Waals surface area contributed by atoms with Crippen LogP contribution in [-0.4, -0.2) is 21.4 Å². The van der Waals surface area contributed by atoms with E-state index in [0.29, 0.717) is 15.7 Å². The number of carbonyl (C=O) groups excluding carboxylic acids is 1. The summed E-state index contributed by atoms with van der Waals surface area (Å²) in [5.74, 6) is -0.288. The van der Waals surface area contributed by atoms with Crippen LogP contribution in [0.3, 0.4) is 0 Å². The molecule has 0 aliphatic heterocycles. The van der Waals surface area contributed by atoms with E-state index in [1.54, 1.807) is 18.2 Å². The normalized spacial score (nSPS) is 11.2. The second kappa shape index (κ2) is 6.91. The zero-order valence-electron chi connectivity index (χ0n) is 11.4. The summed E-state index contributed by atoms with van der Waals surface area (Å²) in [4.78, 5) is 12.3. The molecule has 2 rings (SSSR count). The van der Waals surface area contributed by atoms with E-state index in [1.807, 2.05) is 0 Å². The van der Waals surface area contributed by atoms with Crippen molar-refractivity contribution < 1.29 is 13.2 Å². The molecule has 2 aromatic rings. The lowest BCUT2D eigenvalue weighted by atomic mass is 10.2. The monoisotopic (exact) mass is 446 g/mol. The fraction of sp³-hybridized carbons (Fsp3) is 0.0714. The van der Waals surface area contributed by atoms with Gasteiger partial charge < -0.3 is 5.32 Å². The summed E-state index contributed by atoms with van der Waals surface area (Å²) in [7, 11) is -2.14. The fourth-order valence-electron chi connectivity index (χ4n) is 1.71. The lowest BCUT2D eigenvalue weighted by Crippen LogP contribution is -2.18. The molecular formula is C14H12Br2N2O3S. The third kappa shape index (κ3) is 3.95. The first kappa shape index (κ1) is 17.1. The minimum absolute atomic E-state index is 0.137. The van der Waals surface area contributed by atoms with Gasteiger partial charge in [0.05, 0.1) is 10.5 Å². The number of hydrogen-bond acceptors (Lipinski definition) is 3. The third-order valence-electron chi connectivity index (χ3n) is 2.87. The Labute approximate surface area is 145 Å². The first-order chi connectivity index (χ1) is 10.3. The standard InChI is InChI=1S/C14H12Br2N2O3S/c1-17-22(20,21)11-5-3-10(4-6-11)18-14(19)12-7-2-9(15)8-13(12)16/h2-8,17H,1H3,(H,18,19). The van der Waals surface area contributed by atoms with Crippen LogP contribution in [0.15, 0.2) is 56.3 Å². The number of halogens is 2. The number of rotatable bonds is 4. The van der Waals surface area contributed by atoms with Crippen LogP contribution in [0.25, 0.3) is 0 Å². The van der Waals surface area contributed by atoms with Crippen molar-refractivity contribution in [1.29, 1.82) is 0 Å². The van der Waals surface area contributed by atoms with Gasteiger partial charge in [-0.2, -0.15) is 0 Å². The number of carbonyl (C=O) groups is 1. The van der Waals surface area contributed by atoms with E-state index >= 15 is 0 Å². The highest BCUT2D eigenvalue weighted by atomic mass is 79.9. The van der Waals surface area contributed by atoms with Crippen molar-refractivity contribution in [1.82, 2.24) is 4.72 Å². The summed E-state index contributed by atoms with van der Waals surface area (Å²) in [5, 5.41) is 2.72. The Morgan fingerprint density at radius 1 is 1.05 bits per heavy atom. The minimum atomic E-state index is -3.48. The maximum atomic E-state index is 12.2. The Bertz CT molecular complexity index is 805. The minimum Gasteiger partial charge on any atom is -0.322 e. The SMILES string of the molecule is CNS(=O)(=O)c1ccc(NC(=O)c2ccc(Br)cc2Br)cc1. The van der Waals surface area contributed by atoms with Crippen LogP contribution in [0.2, 0.25) is 0 Å². The quantitative estimate of drug-likeness (QED) is 0.754. The summed E-state index contributed by atoms with van der Waals surface area (Å²) < 4.78 is 27.0. The molecule has 0 radical (unpaired) electrons. The Kier molecular flexibility index (Phi) is 5.38. The molecule has 0 bridgehead atoms. The predicted molar refractivity (Wildman–Crippen MR) is 92.5 cm³/mol. The fourth-order valence-corrected chi connectivity index (χ4v) is 3.66. The van der Waals surface area contributed by atoms with E-state index in [1.165, 1.54) is 31.3 Å². The molecule has 0 aliphatic carbocycles. The van der Waals surface area contributed by atoms with Crippen molar-refractivity contribution >= 4 is 53.5 Å². The molecule has 0 saturated carbocycles. The molecule has 0 fully saturated rings. The van der Waals surface area contributed by atoms with E-state index in [0.717, 1.165) is 4.47 Å². The zero-order valence-corrected chi connectivity index (χ0v) is 15.4. The van der Waals surface area contributed by atoms with Gasteiger partial charge in [0, 0.05) is 14.6 Å². The Balaban J connectivity index is 2.19. The smallest absolute Gasteiger partial charge is 0.256 e. The van der Waals surface area contributed by atoms with Crippen LogP contribution in [0.4, 0.5) is 5.69 Å². The van der Waals surface area contributed by atoms with Gasteiger partial charge in [0.25, 0.3) is 5.91 Å². The molecule has 2 N–H and O–H groups in total. The summed E-state index contributed by atoms with van der Waals surface area (Å²) in [6, 6.07) is 11.2. The molecule has 0 aromatic heterocycles. The Morgan fingerprint density at radius 2 is 1.68 bits per heavy atom. The maximum Gasteiger partial charge on any atom is 0.256 e. The largest absolute Gasteiger partial charge is 0.322 e. The topological polar surface area (TPSA) is 75.3 Å². The molecule has 1 amide bonds. The van der Waals surface area contributed by atoms with Gasteiger partial charge in [0.2, 0.25) is 10.0 Å². The molecule has 116 valence electrons. The van der Waals surface area contributed by atoms with Crippen molar-refractivity contribution in [3.05, 3.63) is 57.0 Å². The highest BCUT2D eigenvalue weighted by Gasteiger charge is 2.13. The van der Waals surface area contributed by atoms with Crippen LogP contribution >= 0.6 is 31.9 Å². The zero-order chi connectivity index (χ0) is 16.3. The van der Waals surface area contributed by atoms with Gasteiger partial charge >= 0.3 is 0 Å². The van der Waals surface area contributed by atoms with E-state index in [-0.39, 0.29) is 10.8 Å². The van der Waals surface area contributed by atoms with Gasteiger partial charge in [-0.05, 0) is 65.4 Å². The lowest BCUT2D eigenvalue weighted by molar-refractivity contribution is 0.102. The second-order valence-corrected chi connectivity index (χ2v) is 7.97. The van der Waals surface area contributed by atoms with Crippen molar-refractivity contribution in [2.75, 3.05) is 12.4 Å². The first-order valence-electron chi connectivity index (χ1n) is 6.13. The van der Waals surface area contributed by atoms with Crippen molar-refractivity contribution in [3.63, 3.8) is 0 Å². The number of sulfonamides is 1. The van der Waals surface area contributed by atoms with Crippen LogP contribution in [0.5, 0.6) is 0 Å². The summed E-state index contributed by atoms with van der Waals surface area (Å²) in [6.45, 7) is 0. The van der Waals surface area contributed by atoms with Gasteiger partial charge in [0.15, 0.2) is 0 Å². The molecular weight excluding hydrogens is 436 g/mol. The Morgan fingerprint density at radius 3 is 2.23 bits per heavy atom. The molecule has 8 heteroatoms. The highest BCUT2D eigenvalue weighted by molar-refractivity contribution is 9.11. The van der Waals surface area contributed by atoms with Gasteiger partial charge in [-0.3, -0.25) is 4.79 Å². The molecule has 0 unspecified atom stereocenters. The predicted octanol–water partition coefficient (Wildman–Crippen LogP) is 3.37. The van der Waals surface area contributed by atoms with E-state index in [2.05, 4.69) is 41.9 Å². The van der Waals surface area contributed by atoms with Crippen molar-refractivity contribution in [2.45, 2.75) is 4.90 Å². The van der Waals surface area contributed by atoms with E-state index in [9.17, 15) is 13.2 Å². The van der Waals surface area contributed by atoms with Gasteiger partial charge in [-0.25, -0.2) is 13.1 Å². The molecule has 2 aromatic carbocycles. The average Bonchev–Trinajstić information content (AvgIpc) is 2.47. The third-order valence-corrected chi connectivity index (χ3v) is 5.45. The first-order valence-corrected chi connectivity index (χ1v) is 9.20. The van der Waals surface area contributed by atoms with Crippen LogP contribution in [0.1, 0.15) is 10.4 Å². The molecule has 0 atom stereocenters. The van der Waals surface area contributed by atoms with Gasteiger partial charge in [0.1, 0.15) is 0 Å². The van der Waals surface area contributed by atoms with Crippen molar-refractivity contribution in [3.8, 4) is 0 Å². The molecule has 0 aliphatic rings. The average molecular weight is 448 g/mol. The number of anilines is 1. The van der Waals surface area contributed by atoms with Gasteiger partial charge in [-0.15, -0.1) is 0 Å². The van der Waals surface area contributed by atoms with Gasteiger partial charge in [-0.1, -0.05) is 15.9 Å². The number of hydrogen-bond donors (Lipinski definition) is 2. The molecule has 5 nitrogen and oxygen atoms in total. The number of benzene rings is 2. The van der Waals surface area contributed by atoms with E-state index in [4.69, 9.17) is 0 Å². The molecule has 0 heterocycles.